The van der Waals surface area contributed by atoms with Gasteiger partial charge >= 0.3 is 0 Å². The number of piperidine rings is 1. The van der Waals surface area contributed by atoms with Crippen LogP contribution in [0.4, 0.5) is 11.4 Å². The zero-order chi connectivity index (χ0) is 13.7. The minimum atomic E-state index is -0.0375. The molecule has 0 spiro atoms. The summed E-state index contributed by atoms with van der Waals surface area (Å²) in [5.74, 6) is -0.0375. The molecular weight excluding hydrogens is 238 g/mol. The number of hydrogen-bond acceptors (Lipinski definition) is 3. The number of hydrogen-bond donors (Lipinski definition) is 2. The SMILES string of the molecule is CC(=O)Nc1ccc(NCC2CCCCN2C)cc1. The Morgan fingerprint density at radius 1 is 1.26 bits per heavy atom. The van der Waals surface area contributed by atoms with Crippen LogP contribution < -0.4 is 10.6 Å². The van der Waals surface area contributed by atoms with Crippen LogP contribution in [0.3, 0.4) is 0 Å². The third-order valence-electron chi connectivity index (χ3n) is 3.67. The predicted octanol–water partition coefficient (Wildman–Crippen LogP) is 2.54. The van der Waals surface area contributed by atoms with E-state index in [1.54, 1.807) is 0 Å². The van der Waals surface area contributed by atoms with Crippen molar-refractivity contribution < 1.29 is 4.79 Å². The summed E-state index contributed by atoms with van der Waals surface area (Å²) in [6.07, 6.45) is 3.92. The average molecular weight is 261 g/mol. The lowest BCUT2D eigenvalue weighted by atomic mass is 10.0. The van der Waals surface area contributed by atoms with Gasteiger partial charge in [0, 0.05) is 30.9 Å². The Hall–Kier alpha value is -1.55. The lowest BCUT2D eigenvalue weighted by Gasteiger charge is -2.32. The molecule has 1 saturated heterocycles. The van der Waals surface area contributed by atoms with Crippen LogP contribution in [0, 0.1) is 0 Å². The molecule has 104 valence electrons. The smallest absolute Gasteiger partial charge is 0.221 e. The van der Waals surface area contributed by atoms with E-state index in [0.29, 0.717) is 6.04 Å². The predicted molar refractivity (Wildman–Crippen MR) is 79.5 cm³/mol. The highest BCUT2D eigenvalue weighted by atomic mass is 16.1. The van der Waals surface area contributed by atoms with Gasteiger partial charge in [0.2, 0.25) is 5.91 Å². The lowest BCUT2D eigenvalue weighted by molar-refractivity contribution is -0.114. The number of rotatable bonds is 4. The molecule has 4 heteroatoms. The topological polar surface area (TPSA) is 44.4 Å². The molecule has 1 fully saturated rings. The number of likely N-dealkylation sites (N-methyl/N-ethyl adjacent to an activating group) is 1. The highest BCUT2D eigenvalue weighted by molar-refractivity contribution is 5.88. The Balaban J connectivity index is 1.84. The Labute approximate surface area is 115 Å². The molecule has 1 aromatic carbocycles. The lowest BCUT2D eigenvalue weighted by Crippen LogP contribution is -2.40. The van der Waals surface area contributed by atoms with Crippen molar-refractivity contribution in [2.75, 3.05) is 30.8 Å². The molecule has 0 aromatic heterocycles. The van der Waals surface area contributed by atoms with Gasteiger partial charge in [-0.15, -0.1) is 0 Å². The second-order valence-electron chi connectivity index (χ2n) is 5.27. The van der Waals surface area contributed by atoms with Gasteiger partial charge in [-0.25, -0.2) is 0 Å². The first-order valence-electron chi connectivity index (χ1n) is 6.97. The van der Waals surface area contributed by atoms with E-state index in [0.717, 1.165) is 17.9 Å². The summed E-state index contributed by atoms with van der Waals surface area (Å²) in [7, 11) is 2.20. The average Bonchev–Trinajstić information content (AvgIpc) is 2.39. The number of benzene rings is 1. The number of nitrogens with zero attached hydrogens (tertiary/aromatic N) is 1. The molecule has 0 radical (unpaired) electrons. The Bertz CT molecular complexity index is 416. The molecular formula is C15H23N3O. The third-order valence-corrected chi connectivity index (χ3v) is 3.67. The number of carbonyl (C=O) groups excluding carboxylic acids is 1. The minimum Gasteiger partial charge on any atom is -0.383 e. The highest BCUT2D eigenvalue weighted by Gasteiger charge is 2.18. The maximum absolute atomic E-state index is 10.9. The maximum Gasteiger partial charge on any atom is 0.221 e. The van der Waals surface area contributed by atoms with Gasteiger partial charge in [-0.05, 0) is 50.7 Å². The number of likely N-dealkylation sites (tertiary alicyclic amines) is 1. The fourth-order valence-electron chi connectivity index (χ4n) is 2.51. The molecule has 4 nitrogen and oxygen atoms in total. The highest BCUT2D eigenvalue weighted by Crippen LogP contribution is 2.17. The van der Waals surface area contributed by atoms with E-state index in [1.165, 1.54) is 32.7 Å². The first kappa shape index (κ1) is 13.9. The normalized spacial score (nSPS) is 20.0. The fourth-order valence-corrected chi connectivity index (χ4v) is 2.51. The van der Waals surface area contributed by atoms with E-state index in [1.807, 2.05) is 24.3 Å². The van der Waals surface area contributed by atoms with Crippen molar-refractivity contribution in [3.05, 3.63) is 24.3 Å². The van der Waals surface area contributed by atoms with Crippen molar-refractivity contribution in [1.82, 2.24) is 4.90 Å². The summed E-state index contributed by atoms with van der Waals surface area (Å²) in [5, 5.41) is 6.24. The van der Waals surface area contributed by atoms with Crippen molar-refractivity contribution in [3.8, 4) is 0 Å². The monoisotopic (exact) mass is 261 g/mol. The van der Waals surface area contributed by atoms with E-state index >= 15 is 0 Å². The van der Waals surface area contributed by atoms with E-state index in [4.69, 9.17) is 0 Å². The van der Waals surface area contributed by atoms with Crippen LogP contribution in [-0.4, -0.2) is 37.0 Å². The molecule has 1 amide bonds. The molecule has 1 aromatic rings. The molecule has 1 atom stereocenters. The van der Waals surface area contributed by atoms with Crippen LogP contribution in [-0.2, 0) is 4.79 Å². The summed E-state index contributed by atoms with van der Waals surface area (Å²) in [6.45, 7) is 3.70. The number of amides is 1. The maximum atomic E-state index is 10.9. The molecule has 19 heavy (non-hydrogen) atoms. The van der Waals surface area contributed by atoms with Crippen molar-refractivity contribution in [2.45, 2.75) is 32.2 Å². The van der Waals surface area contributed by atoms with Gasteiger partial charge in [0.1, 0.15) is 0 Å². The van der Waals surface area contributed by atoms with Crippen molar-refractivity contribution >= 4 is 17.3 Å². The molecule has 1 aliphatic heterocycles. The van der Waals surface area contributed by atoms with E-state index in [-0.39, 0.29) is 5.91 Å². The molecule has 0 bridgehead atoms. The number of carbonyl (C=O) groups is 1. The van der Waals surface area contributed by atoms with Crippen LogP contribution in [0.5, 0.6) is 0 Å². The third kappa shape index (κ3) is 4.24. The summed E-state index contributed by atoms with van der Waals surface area (Å²) in [5.41, 5.74) is 1.95. The molecule has 0 aliphatic carbocycles. The van der Waals surface area contributed by atoms with Gasteiger partial charge in [0.15, 0.2) is 0 Å². The Morgan fingerprint density at radius 3 is 2.58 bits per heavy atom. The van der Waals surface area contributed by atoms with Gasteiger partial charge in [-0.3, -0.25) is 4.79 Å². The summed E-state index contributed by atoms with van der Waals surface area (Å²) < 4.78 is 0. The minimum absolute atomic E-state index is 0.0375. The number of anilines is 2. The van der Waals surface area contributed by atoms with Crippen molar-refractivity contribution in [3.63, 3.8) is 0 Å². The molecule has 2 N–H and O–H groups in total. The second-order valence-corrected chi connectivity index (χ2v) is 5.27. The van der Waals surface area contributed by atoms with Crippen molar-refractivity contribution in [2.24, 2.45) is 0 Å². The Kier molecular flexibility index (Phi) is 4.80. The molecule has 2 rings (SSSR count). The van der Waals surface area contributed by atoms with Crippen LogP contribution in [0.1, 0.15) is 26.2 Å². The quantitative estimate of drug-likeness (QED) is 0.875. The van der Waals surface area contributed by atoms with Crippen LogP contribution in [0.25, 0.3) is 0 Å². The summed E-state index contributed by atoms with van der Waals surface area (Å²) >= 11 is 0. The van der Waals surface area contributed by atoms with E-state index in [9.17, 15) is 4.79 Å². The van der Waals surface area contributed by atoms with Crippen LogP contribution >= 0.6 is 0 Å². The molecule has 0 saturated carbocycles. The van der Waals surface area contributed by atoms with Gasteiger partial charge in [-0.2, -0.15) is 0 Å². The standard InChI is InChI=1S/C15H23N3O/c1-12(19)17-14-8-6-13(7-9-14)16-11-15-5-3-4-10-18(15)2/h6-9,15-16H,3-5,10-11H2,1-2H3,(H,17,19). The van der Waals surface area contributed by atoms with E-state index in [2.05, 4.69) is 22.6 Å². The van der Waals surface area contributed by atoms with Crippen LogP contribution in [0.2, 0.25) is 0 Å². The first-order chi connectivity index (χ1) is 9.15. The summed E-state index contributed by atoms with van der Waals surface area (Å²) in [4.78, 5) is 13.4. The Morgan fingerprint density at radius 2 is 1.95 bits per heavy atom. The molecule has 1 aliphatic rings. The van der Waals surface area contributed by atoms with Gasteiger partial charge in [0.05, 0.1) is 0 Å². The molecule has 1 unspecified atom stereocenters. The van der Waals surface area contributed by atoms with Gasteiger partial charge in [-0.1, -0.05) is 6.42 Å². The zero-order valence-corrected chi connectivity index (χ0v) is 11.8. The molecule has 1 heterocycles. The summed E-state index contributed by atoms with van der Waals surface area (Å²) in [6, 6.07) is 8.49. The van der Waals surface area contributed by atoms with Gasteiger partial charge in [0.25, 0.3) is 0 Å². The zero-order valence-electron chi connectivity index (χ0n) is 11.8. The number of nitrogens with one attached hydrogen (secondary N) is 2. The largest absolute Gasteiger partial charge is 0.383 e. The fraction of sp³-hybridized carbons (Fsp3) is 0.533. The van der Waals surface area contributed by atoms with Crippen LogP contribution in [0.15, 0.2) is 24.3 Å². The van der Waals surface area contributed by atoms with Gasteiger partial charge < -0.3 is 15.5 Å². The first-order valence-corrected chi connectivity index (χ1v) is 6.97. The second kappa shape index (κ2) is 6.57. The van der Waals surface area contributed by atoms with E-state index < -0.39 is 0 Å². The van der Waals surface area contributed by atoms with Crippen molar-refractivity contribution in [1.29, 1.82) is 0 Å².